The number of nitrogens with zero attached hydrogens (tertiary/aromatic N) is 1. The van der Waals surface area contributed by atoms with Crippen molar-refractivity contribution >= 4 is 5.91 Å². The zero-order chi connectivity index (χ0) is 18.2. The maximum atomic E-state index is 13.1. The van der Waals surface area contributed by atoms with Crippen LogP contribution in [0, 0.1) is 0 Å². The molecular weight excluding hydrogens is 338 g/mol. The average Bonchev–Trinajstić information content (AvgIpc) is 3.23. The Morgan fingerprint density at radius 2 is 1.89 bits per heavy atom. The largest absolute Gasteiger partial charge is 0.493 e. The Morgan fingerprint density at radius 1 is 1.07 bits per heavy atom. The molecule has 1 amide bonds. The smallest absolute Gasteiger partial charge is 0.223 e. The molecule has 0 saturated heterocycles. The van der Waals surface area contributed by atoms with Crippen LogP contribution < -0.4 is 9.47 Å². The molecule has 2 aromatic carbocycles. The van der Waals surface area contributed by atoms with Crippen molar-refractivity contribution < 1.29 is 14.3 Å². The second kappa shape index (κ2) is 6.91. The van der Waals surface area contributed by atoms with Crippen LogP contribution in [0.1, 0.15) is 41.5 Å². The normalized spacial score (nSPS) is 17.0. The van der Waals surface area contributed by atoms with E-state index >= 15 is 0 Å². The van der Waals surface area contributed by atoms with Crippen LogP contribution in [0.5, 0.6) is 11.5 Å². The molecule has 4 heteroatoms. The summed E-state index contributed by atoms with van der Waals surface area (Å²) in [6.07, 6.45) is 5.45. The molecule has 2 aliphatic heterocycles. The highest BCUT2D eigenvalue weighted by molar-refractivity contribution is 5.77. The van der Waals surface area contributed by atoms with Crippen LogP contribution in [0.2, 0.25) is 0 Å². The lowest BCUT2D eigenvalue weighted by Crippen LogP contribution is -2.33. The number of aryl methyl sites for hydroxylation is 1. The summed E-state index contributed by atoms with van der Waals surface area (Å²) in [6.45, 7) is 2.13. The monoisotopic (exact) mass is 363 g/mol. The molecule has 0 bridgehead atoms. The number of fused-ring (bicyclic) bond motifs is 2. The molecule has 0 N–H and O–H groups in total. The molecule has 0 aromatic heterocycles. The minimum absolute atomic E-state index is 0.254. The first kappa shape index (κ1) is 16.7. The molecule has 1 fully saturated rings. The van der Waals surface area contributed by atoms with E-state index in [0.29, 0.717) is 19.0 Å². The number of hydrogen-bond donors (Lipinski definition) is 0. The zero-order valence-electron chi connectivity index (χ0n) is 15.6. The maximum absolute atomic E-state index is 13.1. The predicted molar refractivity (Wildman–Crippen MR) is 103 cm³/mol. The van der Waals surface area contributed by atoms with Gasteiger partial charge in [0.05, 0.1) is 13.2 Å². The third-order valence-electron chi connectivity index (χ3n) is 5.87. The first-order valence-corrected chi connectivity index (χ1v) is 10.1. The number of benzene rings is 2. The fraction of sp³-hybridized carbons (Fsp3) is 0.435. The highest BCUT2D eigenvalue weighted by Crippen LogP contribution is 2.42. The molecule has 3 aliphatic rings. The summed E-state index contributed by atoms with van der Waals surface area (Å²) >= 11 is 0. The van der Waals surface area contributed by atoms with Crippen molar-refractivity contribution in [2.75, 3.05) is 13.2 Å². The third kappa shape index (κ3) is 3.29. The van der Waals surface area contributed by atoms with Gasteiger partial charge in [-0.2, -0.15) is 0 Å². The number of ether oxygens (including phenoxy) is 2. The molecule has 0 atom stereocenters. The highest BCUT2D eigenvalue weighted by Gasteiger charge is 2.35. The molecule has 2 aromatic rings. The molecule has 0 spiro atoms. The summed E-state index contributed by atoms with van der Waals surface area (Å²) < 4.78 is 11.8. The SMILES string of the molecule is O=C(CCc1ccccc1)N(Cc1c2c(cc3c1OCC3)OCC2)C1CC1. The fourth-order valence-electron chi connectivity index (χ4n) is 4.27. The summed E-state index contributed by atoms with van der Waals surface area (Å²) in [5.74, 6) is 2.27. The van der Waals surface area contributed by atoms with Gasteiger partial charge in [-0.3, -0.25) is 4.79 Å². The van der Waals surface area contributed by atoms with Gasteiger partial charge in [0.2, 0.25) is 5.91 Å². The summed E-state index contributed by atoms with van der Waals surface area (Å²) in [5.41, 5.74) is 4.90. The van der Waals surface area contributed by atoms with Crippen LogP contribution in [0.4, 0.5) is 0 Å². The van der Waals surface area contributed by atoms with E-state index in [-0.39, 0.29) is 5.91 Å². The van der Waals surface area contributed by atoms with Gasteiger partial charge in [0, 0.05) is 48.5 Å². The van der Waals surface area contributed by atoms with Crippen molar-refractivity contribution in [1.29, 1.82) is 0 Å². The molecule has 0 unspecified atom stereocenters. The van der Waals surface area contributed by atoms with Crippen molar-refractivity contribution in [3.63, 3.8) is 0 Å². The molecular formula is C23H25NO3. The van der Waals surface area contributed by atoms with Gasteiger partial charge in [0.15, 0.2) is 0 Å². The standard InChI is InChI=1S/C23H25NO3/c25-22(9-6-16-4-2-1-3-5-16)24(18-7-8-18)15-20-19-11-13-26-21(19)14-17-10-12-27-23(17)20/h1-5,14,18H,6-13,15H2. The first-order chi connectivity index (χ1) is 13.3. The van der Waals surface area contributed by atoms with Crippen LogP contribution in [0.25, 0.3) is 0 Å². The average molecular weight is 363 g/mol. The van der Waals surface area contributed by atoms with E-state index in [2.05, 4.69) is 23.1 Å². The van der Waals surface area contributed by atoms with E-state index in [9.17, 15) is 4.79 Å². The lowest BCUT2D eigenvalue weighted by molar-refractivity contribution is -0.132. The number of carbonyl (C=O) groups is 1. The Kier molecular flexibility index (Phi) is 4.27. The van der Waals surface area contributed by atoms with E-state index in [1.54, 1.807) is 0 Å². The summed E-state index contributed by atoms with van der Waals surface area (Å²) in [5, 5.41) is 0. The second-order valence-electron chi connectivity index (χ2n) is 7.76. The van der Waals surface area contributed by atoms with Gasteiger partial charge in [-0.05, 0) is 30.9 Å². The Bertz CT molecular complexity index is 825. The van der Waals surface area contributed by atoms with Crippen LogP contribution in [-0.4, -0.2) is 30.1 Å². The van der Waals surface area contributed by atoms with Crippen molar-refractivity contribution in [1.82, 2.24) is 4.90 Å². The van der Waals surface area contributed by atoms with E-state index in [1.807, 2.05) is 18.2 Å². The van der Waals surface area contributed by atoms with Gasteiger partial charge >= 0.3 is 0 Å². The molecule has 1 saturated carbocycles. The van der Waals surface area contributed by atoms with Crippen molar-refractivity contribution in [3.05, 3.63) is 58.7 Å². The van der Waals surface area contributed by atoms with E-state index in [1.165, 1.54) is 22.3 Å². The number of carbonyl (C=O) groups excluding carboxylic acids is 1. The van der Waals surface area contributed by atoms with Gasteiger partial charge in [-0.25, -0.2) is 0 Å². The Labute approximate surface area is 160 Å². The van der Waals surface area contributed by atoms with Crippen molar-refractivity contribution in [2.24, 2.45) is 0 Å². The number of rotatable bonds is 6. The Hall–Kier alpha value is -2.49. The quantitative estimate of drug-likeness (QED) is 0.786. The molecule has 27 heavy (non-hydrogen) atoms. The molecule has 0 radical (unpaired) electrons. The maximum Gasteiger partial charge on any atom is 0.223 e. The van der Waals surface area contributed by atoms with Gasteiger partial charge < -0.3 is 14.4 Å². The minimum Gasteiger partial charge on any atom is -0.493 e. The van der Waals surface area contributed by atoms with Gasteiger partial charge in [-0.1, -0.05) is 30.3 Å². The molecule has 140 valence electrons. The topological polar surface area (TPSA) is 38.8 Å². The fourth-order valence-corrected chi connectivity index (χ4v) is 4.27. The number of amides is 1. The zero-order valence-corrected chi connectivity index (χ0v) is 15.6. The second-order valence-corrected chi connectivity index (χ2v) is 7.76. The first-order valence-electron chi connectivity index (χ1n) is 10.1. The summed E-state index contributed by atoms with van der Waals surface area (Å²) in [4.78, 5) is 15.2. The molecule has 4 nitrogen and oxygen atoms in total. The molecule has 1 aliphatic carbocycles. The van der Waals surface area contributed by atoms with Crippen molar-refractivity contribution in [3.8, 4) is 11.5 Å². The summed E-state index contributed by atoms with van der Waals surface area (Å²) in [7, 11) is 0. The van der Waals surface area contributed by atoms with Gasteiger partial charge in [0.1, 0.15) is 11.5 Å². The highest BCUT2D eigenvalue weighted by atomic mass is 16.5. The van der Waals surface area contributed by atoms with E-state index in [0.717, 1.165) is 56.8 Å². The number of hydrogen-bond acceptors (Lipinski definition) is 3. The van der Waals surface area contributed by atoms with Crippen LogP contribution >= 0.6 is 0 Å². The lowest BCUT2D eigenvalue weighted by Gasteiger charge is -2.25. The molecule has 5 rings (SSSR count). The lowest BCUT2D eigenvalue weighted by atomic mass is 9.98. The predicted octanol–water partition coefficient (Wildman–Crippen LogP) is 3.68. The Balaban J connectivity index is 1.37. The Morgan fingerprint density at radius 3 is 2.70 bits per heavy atom. The minimum atomic E-state index is 0.254. The van der Waals surface area contributed by atoms with Gasteiger partial charge in [0.25, 0.3) is 0 Å². The third-order valence-corrected chi connectivity index (χ3v) is 5.87. The van der Waals surface area contributed by atoms with E-state index < -0.39 is 0 Å². The summed E-state index contributed by atoms with van der Waals surface area (Å²) in [6, 6.07) is 12.8. The van der Waals surface area contributed by atoms with E-state index in [4.69, 9.17) is 9.47 Å². The molecule has 2 heterocycles. The van der Waals surface area contributed by atoms with Crippen molar-refractivity contribution in [2.45, 2.75) is 51.1 Å². The van der Waals surface area contributed by atoms with Crippen LogP contribution in [-0.2, 0) is 30.6 Å². The van der Waals surface area contributed by atoms with Gasteiger partial charge in [-0.15, -0.1) is 0 Å². The van der Waals surface area contributed by atoms with Crippen LogP contribution in [0.3, 0.4) is 0 Å². The van der Waals surface area contributed by atoms with Crippen LogP contribution in [0.15, 0.2) is 36.4 Å².